The highest BCUT2D eigenvalue weighted by molar-refractivity contribution is 5.96. The lowest BCUT2D eigenvalue weighted by Gasteiger charge is -2.42. The van der Waals surface area contributed by atoms with E-state index in [1.807, 2.05) is 18.1 Å². The Kier molecular flexibility index (Phi) is 10.0. The lowest BCUT2D eigenvalue weighted by atomic mass is 9.79. The van der Waals surface area contributed by atoms with Crippen LogP contribution in [0.1, 0.15) is 87.2 Å². The van der Waals surface area contributed by atoms with Crippen molar-refractivity contribution in [3.8, 4) is 0 Å². The third-order valence-corrected chi connectivity index (χ3v) is 9.47. The van der Waals surface area contributed by atoms with Crippen LogP contribution in [0.25, 0.3) is 0 Å². The van der Waals surface area contributed by atoms with E-state index in [1.165, 1.54) is 0 Å². The molecule has 13 heteroatoms. The van der Waals surface area contributed by atoms with E-state index in [2.05, 4.69) is 30.6 Å². The maximum Gasteiger partial charge on any atom is 0.343 e. The van der Waals surface area contributed by atoms with E-state index in [4.69, 9.17) is 4.74 Å². The quantitative estimate of drug-likeness (QED) is 0.319. The van der Waals surface area contributed by atoms with E-state index < -0.39 is 11.9 Å². The Bertz CT molecular complexity index is 1320. The van der Waals surface area contributed by atoms with Crippen molar-refractivity contribution in [2.24, 2.45) is 12.5 Å². The Labute approximate surface area is 258 Å². The molecule has 1 aliphatic heterocycles. The van der Waals surface area contributed by atoms with Gasteiger partial charge in [-0.15, -0.1) is 0 Å². The second kappa shape index (κ2) is 13.9. The Morgan fingerprint density at radius 1 is 1.05 bits per heavy atom. The molecular formula is C31H46N8O5. The van der Waals surface area contributed by atoms with Gasteiger partial charge in [0.2, 0.25) is 11.9 Å². The van der Waals surface area contributed by atoms with Gasteiger partial charge in [-0.05, 0) is 57.8 Å². The highest BCUT2D eigenvalue weighted by Crippen LogP contribution is 2.44. The molecule has 0 radical (unpaired) electrons. The average Bonchev–Trinajstić information content (AvgIpc) is 3.61. The van der Waals surface area contributed by atoms with Crippen molar-refractivity contribution in [2.45, 2.75) is 90.1 Å². The van der Waals surface area contributed by atoms with Crippen LogP contribution in [0.4, 0.5) is 17.5 Å². The van der Waals surface area contributed by atoms with Crippen molar-refractivity contribution in [1.82, 2.24) is 29.5 Å². The highest BCUT2D eigenvalue weighted by atomic mass is 16.5. The van der Waals surface area contributed by atoms with Crippen LogP contribution in [0.2, 0.25) is 0 Å². The number of rotatable bonds is 11. The second-order valence-electron chi connectivity index (χ2n) is 12.6. The van der Waals surface area contributed by atoms with Crippen molar-refractivity contribution < 1.29 is 24.2 Å². The molecule has 2 aromatic rings. The zero-order chi connectivity index (χ0) is 31.3. The van der Waals surface area contributed by atoms with E-state index in [0.29, 0.717) is 48.6 Å². The molecule has 3 heterocycles. The van der Waals surface area contributed by atoms with Gasteiger partial charge >= 0.3 is 11.9 Å². The van der Waals surface area contributed by atoms with E-state index >= 15 is 0 Å². The number of hydrogen-bond acceptors (Lipinski definition) is 10. The van der Waals surface area contributed by atoms with E-state index in [0.717, 1.165) is 70.1 Å². The number of aliphatic carboxylic acids is 1. The Hall–Kier alpha value is -3.74. The molecule has 1 saturated heterocycles. The van der Waals surface area contributed by atoms with Crippen LogP contribution in [0.5, 0.6) is 0 Å². The normalized spacial score (nSPS) is 22.0. The van der Waals surface area contributed by atoms with Crippen LogP contribution in [-0.2, 0) is 21.4 Å². The van der Waals surface area contributed by atoms with E-state index in [-0.39, 0.29) is 30.4 Å². The summed E-state index contributed by atoms with van der Waals surface area (Å²) >= 11 is 0. The van der Waals surface area contributed by atoms with Gasteiger partial charge in [0.25, 0.3) is 0 Å². The monoisotopic (exact) mass is 610 g/mol. The molecule has 240 valence electrons. The Morgan fingerprint density at radius 2 is 1.75 bits per heavy atom. The smallest absolute Gasteiger partial charge is 0.343 e. The summed E-state index contributed by atoms with van der Waals surface area (Å²) in [7, 11) is 1.83. The molecular weight excluding hydrogens is 564 g/mol. The molecule has 0 atom stereocenters. The molecule has 0 aromatic carbocycles. The predicted octanol–water partition coefficient (Wildman–Crippen LogP) is 3.73. The van der Waals surface area contributed by atoms with Gasteiger partial charge in [-0.3, -0.25) is 19.2 Å². The number of aryl methyl sites for hydroxylation is 2. The average molecular weight is 611 g/mol. The lowest BCUT2D eigenvalue weighted by molar-refractivity contribution is -0.142. The minimum atomic E-state index is -0.802. The molecule has 0 spiro atoms. The first kappa shape index (κ1) is 31.7. The van der Waals surface area contributed by atoms with Crippen LogP contribution in [0, 0.1) is 12.3 Å². The standard InChI is InChI=1S/C31H46N8O5/c1-4-44-29(43)27-21(2)33-30(35-23-19-32-37(3)20-23)36-28(27)34-22-7-9-24(10-8-22)38-13-15-39(16-14-38)25(40)17-31(18-26(41)42)11-5-6-12-31/h19-20,22,24H,4-18H2,1-3H3,(H,41,42)(H2,33,34,35,36). The van der Waals surface area contributed by atoms with Crippen molar-refractivity contribution >= 4 is 35.3 Å². The number of hydrogen-bond donors (Lipinski definition) is 3. The van der Waals surface area contributed by atoms with Gasteiger partial charge in [0.1, 0.15) is 11.4 Å². The number of carboxylic acids is 1. The topological polar surface area (TPSA) is 155 Å². The second-order valence-corrected chi connectivity index (χ2v) is 12.6. The summed E-state index contributed by atoms with van der Waals surface area (Å²) in [6, 6.07) is 0.595. The SMILES string of the molecule is CCOC(=O)c1c(C)nc(Nc2cnn(C)c2)nc1NC1CCC(N2CCN(C(=O)CC3(CC(=O)O)CCCC3)CC2)CC1. The molecule has 3 aliphatic rings. The number of piperazine rings is 1. The molecule has 2 aromatic heterocycles. The van der Waals surface area contributed by atoms with Crippen LogP contribution < -0.4 is 10.6 Å². The first-order valence-corrected chi connectivity index (χ1v) is 16.0. The molecule has 0 bridgehead atoms. The highest BCUT2D eigenvalue weighted by Gasteiger charge is 2.40. The number of anilines is 3. The van der Waals surface area contributed by atoms with Crippen LogP contribution >= 0.6 is 0 Å². The lowest BCUT2D eigenvalue weighted by Crippen LogP contribution is -2.53. The molecule has 3 N–H and O–H groups in total. The number of carboxylic acid groups (broad SMARTS) is 1. The molecule has 0 unspecified atom stereocenters. The Morgan fingerprint density at radius 3 is 2.36 bits per heavy atom. The molecule has 1 amide bonds. The molecule has 3 fully saturated rings. The summed E-state index contributed by atoms with van der Waals surface area (Å²) in [4.78, 5) is 51.1. The Balaban J connectivity index is 1.15. The van der Waals surface area contributed by atoms with Crippen molar-refractivity contribution in [1.29, 1.82) is 0 Å². The van der Waals surface area contributed by atoms with Gasteiger partial charge in [-0.25, -0.2) is 9.78 Å². The summed E-state index contributed by atoms with van der Waals surface area (Å²) in [6.07, 6.45) is 11.5. The number of esters is 1. The van der Waals surface area contributed by atoms with Crippen LogP contribution in [-0.4, -0.2) is 97.4 Å². The maximum absolute atomic E-state index is 13.2. The number of nitrogens with zero attached hydrogens (tertiary/aromatic N) is 6. The number of amides is 1. The molecule has 5 rings (SSSR count). The minimum absolute atomic E-state index is 0.0914. The van der Waals surface area contributed by atoms with Crippen LogP contribution in [0.3, 0.4) is 0 Å². The third-order valence-electron chi connectivity index (χ3n) is 9.47. The summed E-state index contributed by atoms with van der Waals surface area (Å²) < 4.78 is 7.01. The fourth-order valence-corrected chi connectivity index (χ4v) is 7.21. The molecule has 2 aliphatic carbocycles. The van der Waals surface area contributed by atoms with Crippen LogP contribution in [0.15, 0.2) is 12.4 Å². The van der Waals surface area contributed by atoms with Gasteiger partial charge in [0, 0.05) is 57.9 Å². The first-order valence-electron chi connectivity index (χ1n) is 16.0. The van der Waals surface area contributed by atoms with Gasteiger partial charge in [-0.2, -0.15) is 10.1 Å². The fraction of sp³-hybridized carbons (Fsp3) is 0.677. The third kappa shape index (κ3) is 7.66. The number of aromatic nitrogens is 4. The van der Waals surface area contributed by atoms with Gasteiger partial charge in [-0.1, -0.05) is 12.8 Å². The van der Waals surface area contributed by atoms with Crippen molar-refractivity contribution in [3.63, 3.8) is 0 Å². The number of ether oxygens (including phenoxy) is 1. The van der Waals surface area contributed by atoms with Gasteiger partial charge in [0.15, 0.2) is 0 Å². The number of carbonyl (C=O) groups is 3. The number of nitrogens with one attached hydrogen (secondary N) is 2. The van der Waals surface area contributed by atoms with E-state index in [1.54, 1.807) is 24.7 Å². The molecule has 13 nitrogen and oxygen atoms in total. The van der Waals surface area contributed by atoms with E-state index in [9.17, 15) is 19.5 Å². The largest absolute Gasteiger partial charge is 0.481 e. The summed E-state index contributed by atoms with van der Waals surface area (Å²) in [5, 5.41) is 20.3. The zero-order valence-corrected chi connectivity index (χ0v) is 26.2. The number of carbonyl (C=O) groups excluding carboxylic acids is 2. The minimum Gasteiger partial charge on any atom is -0.481 e. The first-order chi connectivity index (χ1) is 21.1. The predicted molar refractivity (Wildman–Crippen MR) is 165 cm³/mol. The molecule has 2 saturated carbocycles. The zero-order valence-electron chi connectivity index (χ0n) is 26.2. The van der Waals surface area contributed by atoms with Gasteiger partial charge < -0.3 is 25.4 Å². The van der Waals surface area contributed by atoms with Gasteiger partial charge in [0.05, 0.1) is 30.6 Å². The van der Waals surface area contributed by atoms with Crippen molar-refractivity contribution in [3.05, 3.63) is 23.7 Å². The van der Waals surface area contributed by atoms with Crippen molar-refractivity contribution in [2.75, 3.05) is 43.4 Å². The molecule has 44 heavy (non-hydrogen) atoms. The summed E-state index contributed by atoms with van der Waals surface area (Å²) in [5.41, 5.74) is 1.28. The fourth-order valence-electron chi connectivity index (χ4n) is 7.21. The maximum atomic E-state index is 13.2. The summed E-state index contributed by atoms with van der Waals surface area (Å²) in [5.74, 6) is -0.280. The summed E-state index contributed by atoms with van der Waals surface area (Å²) in [6.45, 7) is 6.88.